The van der Waals surface area contributed by atoms with Crippen molar-refractivity contribution in [1.82, 2.24) is 4.90 Å². The Balaban J connectivity index is 1.56. The van der Waals surface area contributed by atoms with Crippen LogP contribution in [0.15, 0.2) is 24.3 Å². The van der Waals surface area contributed by atoms with Crippen molar-refractivity contribution in [3.63, 3.8) is 0 Å². The van der Waals surface area contributed by atoms with Crippen molar-refractivity contribution >= 4 is 5.91 Å². The summed E-state index contributed by atoms with van der Waals surface area (Å²) in [5, 5.41) is 9.74. The van der Waals surface area contributed by atoms with Gasteiger partial charge in [-0.15, -0.1) is 0 Å². The van der Waals surface area contributed by atoms with E-state index >= 15 is 0 Å². The number of carbonyl (C=O) groups is 1. The monoisotopic (exact) mass is 273 g/mol. The van der Waals surface area contributed by atoms with Crippen LogP contribution in [0.3, 0.4) is 0 Å². The smallest absolute Gasteiger partial charge is 0.226 e. The number of phenols is 1. The van der Waals surface area contributed by atoms with E-state index < -0.39 is 0 Å². The summed E-state index contributed by atoms with van der Waals surface area (Å²) >= 11 is 0. The number of phenolic OH excluding ortho intramolecular Hbond substituents is 1. The van der Waals surface area contributed by atoms with E-state index in [0.717, 1.165) is 23.9 Å². The summed E-state index contributed by atoms with van der Waals surface area (Å²) in [5.41, 5.74) is 0.720. The zero-order valence-corrected chi connectivity index (χ0v) is 12.1. The number of fused-ring (bicyclic) bond motifs is 2. The first-order chi connectivity index (χ1) is 9.63. The van der Waals surface area contributed by atoms with Crippen LogP contribution in [0.25, 0.3) is 0 Å². The Hall–Kier alpha value is -1.51. The van der Waals surface area contributed by atoms with E-state index in [1.54, 1.807) is 12.1 Å². The van der Waals surface area contributed by atoms with E-state index in [4.69, 9.17) is 0 Å². The summed E-state index contributed by atoms with van der Waals surface area (Å²) in [4.78, 5) is 14.1. The highest BCUT2D eigenvalue weighted by atomic mass is 16.3. The molecule has 2 bridgehead atoms. The molecule has 108 valence electrons. The lowest BCUT2D eigenvalue weighted by Crippen LogP contribution is -2.34. The second kappa shape index (κ2) is 5.47. The highest BCUT2D eigenvalue weighted by Gasteiger charge is 2.40. The molecule has 2 aliphatic rings. The first-order valence-corrected chi connectivity index (χ1v) is 7.64. The number of benzene rings is 1. The number of para-hydroxylation sites is 1. The molecule has 0 aliphatic heterocycles. The first kappa shape index (κ1) is 13.5. The van der Waals surface area contributed by atoms with Gasteiger partial charge in [-0.05, 0) is 43.1 Å². The summed E-state index contributed by atoms with van der Waals surface area (Å²) in [6.07, 6.45) is 5.74. The average molecular weight is 273 g/mol. The average Bonchev–Trinajstić information content (AvgIpc) is 3.03. The summed E-state index contributed by atoms with van der Waals surface area (Å²) in [6, 6.07) is 7.09. The van der Waals surface area contributed by atoms with Crippen molar-refractivity contribution < 1.29 is 9.90 Å². The SMILES string of the molecule is CN(CC1CC2CCC1C2)C(=O)Cc1ccccc1O. The van der Waals surface area contributed by atoms with Crippen LogP contribution in [-0.2, 0) is 11.2 Å². The minimum atomic E-state index is 0.106. The van der Waals surface area contributed by atoms with Gasteiger partial charge in [-0.25, -0.2) is 0 Å². The van der Waals surface area contributed by atoms with E-state index in [2.05, 4.69) is 0 Å². The molecule has 20 heavy (non-hydrogen) atoms. The van der Waals surface area contributed by atoms with Gasteiger partial charge in [-0.3, -0.25) is 4.79 Å². The van der Waals surface area contributed by atoms with E-state index in [0.29, 0.717) is 12.3 Å². The molecule has 1 aromatic rings. The molecule has 1 amide bonds. The third-order valence-corrected chi connectivity index (χ3v) is 5.15. The lowest BCUT2D eigenvalue weighted by molar-refractivity contribution is -0.130. The Morgan fingerprint density at radius 3 is 2.75 bits per heavy atom. The molecule has 2 fully saturated rings. The fourth-order valence-corrected chi connectivity index (χ4v) is 4.01. The van der Waals surface area contributed by atoms with Gasteiger partial charge in [0.1, 0.15) is 5.75 Å². The standard InChI is InChI=1S/C17H23NO2/c1-18(11-15-9-12-6-7-13(15)8-12)17(20)10-14-4-2-3-5-16(14)19/h2-5,12-13,15,19H,6-11H2,1H3. The van der Waals surface area contributed by atoms with Crippen LogP contribution in [0.1, 0.15) is 31.2 Å². The predicted molar refractivity (Wildman–Crippen MR) is 78.4 cm³/mol. The third kappa shape index (κ3) is 2.67. The molecule has 3 unspecified atom stereocenters. The molecule has 0 heterocycles. The molecule has 0 saturated heterocycles. The van der Waals surface area contributed by atoms with Crippen LogP contribution >= 0.6 is 0 Å². The number of likely N-dealkylation sites (N-methyl/N-ethyl adjacent to an activating group) is 1. The van der Waals surface area contributed by atoms with Gasteiger partial charge in [0.25, 0.3) is 0 Å². The van der Waals surface area contributed by atoms with E-state index in [9.17, 15) is 9.90 Å². The number of hydrogen-bond acceptors (Lipinski definition) is 2. The molecule has 1 N–H and O–H groups in total. The number of nitrogens with zero attached hydrogens (tertiary/aromatic N) is 1. The molecule has 3 rings (SSSR count). The van der Waals surface area contributed by atoms with Gasteiger partial charge in [-0.1, -0.05) is 24.6 Å². The number of rotatable bonds is 4. The molecule has 2 aliphatic carbocycles. The van der Waals surface area contributed by atoms with Crippen molar-refractivity contribution in [2.75, 3.05) is 13.6 Å². The molecule has 1 aromatic carbocycles. The highest BCUT2D eigenvalue weighted by molar-refractivity contribution is 5.79. The molecular formula is C17H23NO2. The Kier molecular flexibility index (Phi) is 3.68. The molecule has 3 nitrogen and oxygen atoms in total. The Labute approximate surface area is 120 Å². The van der Waals surface area contributed by atoms with Crippen molar-refractivity contribution in [3.8, 4) is 5.75 Å². The van der Waals surface area contributed by atoms with Gasteiger partial charge >= 0.3 is 0 Å². The van der Waals surface area contributed by atoms with Gasteiger partial charge in [0.05, 0.1) is 6.42 Å². The maximum absolute atomic E-state index is 12.3. The summed E-state index contributed by atoms with van der Waals surface area (Å²) in [5.74, 6) is 2.79. The quantitative estimate of drug-likeness (QED) is 0.916. The number of aromatic hydroxyl groups is 1. The van der Waals surface area contributed by atoms with Crippen LogP contribution in [0, 0.1) is 17.8 Å². The molecule has 0 spiro atoms. The largest absolute Gasteiger partial charge is 0.508 e. The van der Waals surface area contributed by atoms with Crippen molar-refractivity contribution in [2.45, 2.75) is 32.1 Å². The van der Waals surface area contributed by atoms with E-state index in [1.807, 2.05) is 24.1 Å². The maximum Gasteiger partial charge on any atom is 0.226 e. The minimum absolute atomic E-state index is 0.106. The second-order valence-electron chi connectivity index (χ2n) is 6.51. The zero-order valence-electron chi connectivity index (χ0n) is 12.1. The molecule has 0 aromatic heterocycles. The lowest BCUT2D eigenvalue weighted by Gasteiger charge is -2.27. The molecule has 0 radical (unpaired) electrons. The molecule has 2 saturated carbocycles. The predicted octanol–water partition coefficient (Wildman–Crippen LogP) is 2.83. The Bertz CT molecular complexity index is 500. The van der Waals surface area contributed by atoms with Crippen molar-refractivity contribution in [2.24, 2.45) is 17.8 Å². The molecule has 3 atom stereocenters. The van der Waals surface area contributed by atoms with Crippen LogP contribution in [0.5, 0.6) is 5.75 Å². The topological polar surface area (TPSA) is 40.5 Å². The van der Waals surface area contributed by atoms with Gasteiger partial charge in [0.2, 0.25) is 5.91 Å². The van der Waals surface area contributed by atoms with Gasteiger partial charge in [0, 0.05) is 19.2 Å². The zero-order chi connectivity index (χ0) is 14.1. The van der Waals surface area contributed by atoms with Gasteiger partial charge < -0.3 is 10.0 Å². The lowest BCUT2D eigenvalue weighted by atomic mass is 9.88. The van der Waals surface area contributed by atoms with Crippen LogP contribution in [-0.4, -0.2) is 29.5 Å². The van der Waals surface area contributed by atoms with Gasteiger partial charge in [0.15, 0.2) is 0 Å². The van der Waals surface area contributed by atoms with Crippen LogP contribution in [0.2, 0.25) is 0 Å². The molecular weight excluding hydrogens is 250 g/mol. The van der Waals surface area contributed by atoms with Crippen molar-refractivity contribution in [1.29, 1.82) is 0 Å². The minimum Gasteiger partial charge on any atom is -0.508 e. The summed E-state index contributed by atoms with van der Waals surface area (Å²) in [7, 11) is 1.90. The van der Waals surface area contributed by atoms with Crippen LogP contribution in [0.4, 0.5) is 0 Å². The van der Waals surface area contributed by atoms with Crippen molar-refractivity contribution in [3.05, 3.63) is 29.8 Å². The van der Waals surface area contributed by atoms with E-state index in [-0.39, 0.29) is 11.7 Å². The third-order valence-electron chi connectivity index (χ3n) is 5.15. The highest BCUT2D eigenvalue weighted by Crippen LogP contribution is 2.48. The number of hydrogen-bond donors (Lipinski definition) is 1. The summed E-state index contributed by atoms with van der Waals surface area (Å²) in [6.45, 7) is 0.883. The normalized spacial score (nSPS) is 27.8. The fourth-order valence-electron chi connectivity index (χ4n) is 4.01. The van der Waals surface area contributed by atoms with Gasteiger partial charge in [-0.2, -0.15) is 0 Å². The molecule has 3 heteroatoms. The number of carbonyl (C=O) groups excluding carboxylic acids is 1. The summed E-state index contributed by atoms with van der Waals surface area (Å²) < 4.78 is 0. The Morgan fingerprint density at radius 1 is 1.30 bits per heavy atom. The Morgan fingerprint density at radius 2 is 2.10 bits per heavy atom. The van der Waals surface area contributed by atoms with E-state index in [1.165, 1.54) is 25.7 Å². The first-order valence-electron chi connectivity index (χ1n) is 7.64. The second-order valence-corrected chi connectivity index (χ2v) is 6.51. The number of amides is 1. The maximum atomic E-state index is 12.3. The van der Waals surface area contributed by atoms with Crippen LogP contribution < -0.4 is 0 Å². The fraction of sp³-hybridized carbons (Fsp3) is 0.588.